The van der Waals surface area contributed by atoms with Gasteiger partial charge in [-0.3, -0.25) is 0 Å². The average Bonchev–Trinajstić information content (AvgIpc) is 2.96. The number of ether oxygens (including phenoxy) is 3. The normalized spacial score (nSPS) is 13.8. The van der Waals surface area contributed by atoms with Gasteiger partial charge in [-0.05, 0) is 19.1 Å². The van der Waals surface area contributed by atoms with Crippen LogP contribution in [0.2, 0.25) is 0 Å². The van der Waals surface area contributed by atoms with Crippen LogP contribution < -0.4 is 15.2 Å². The predicted molar refractivity (Wildman–Crippen MR) is 76.3 cm³/mol. The van der Waals surface area contributed by atoms with Crippen LogP contribution in [0.5, 0.6) is 11.5 Å². The molecular formula is C14H19N3O4. The summed E-state index contributed by atoms with van der Waals surface area (Å²) < 4.78 is 21.0. The van der Waals surface area contributed by atoms with Gasteiger partial charge < -0.3 is 24.5 Å². The van der Waals surface area contributed by atoms with E-state index in [4.69, 9.17) is 24.5 Å². The van der Waals surface area contributed by atoms with Crippen LogP contribution in [-0.4, -0.2) is 38.1 Å². The van der Waals surface area contributed by atoms with Crippen molar-refractivity contribution >= 4 is 0 Å². The van der Waals surface area contributed by atoms with Gasteiger partial charge in [-0.15, -0.1) is 0 Å². The first-order chi connectivity index (χ1) is 10.0. The van der Waals surface area contributed by atoms with Crippen molar-refractivity contribution in [3.8, 4) is 23.0 Å². The lowest BCUT2D eigenvalue weighted by molar-refractivity contribution is 0.135. The van der Waals surface area contributed by atoms with Gasteiger partial charge in [-0.1, -0.05) is 11.2 Å². The summed E-state index contributed by atoms with van der Waals surface area (Å²) >= 11 is 0. The Hall–Kier alpha value is -2.12. The number of aromatic nitrogens is 2. The predicted octanol–water partition coefficient (Wildman–Crippen LogP) is 1.57. The fourth-order valence-electron chi connectivity index (χ4n) is 1.98. The smallest absolute Gasteiger partial charge is 0.265 e. The van der Waals surface area contributed by atoms with E-state index in [2.05, 4.69) is 10.1 Å². The highest BCUT2D eigenvalue weighted by Crippen LogP contribution is 2.37. The second kappa shape index (κ2) is 6.11. The van der Waals surface area contributed by atoms with Gasteiger partial charge >= 0.3 is 0 Å². The summed E-state index contributed by atoms with van der Waals surface area (Å²) in [6.07, 6.45) is 0. The van der Waals surface area contributed by atoms with E-state index in [1.807, 2.05) is 6.07 Å². The minimum atomic E-state index is -0.842. The molecule has 1 aromatic heterocycles. The molecular weight excluding hydrogens is 274 g/mol. The highest BCUT2D eigenvalue weighted by atomic mass is 16.5. The molecule has 114 valence electrons. The van der Waals surface area contributed by atoms with Crippen LogP contribution in [0.1, 0.15) is 12.7 Å². The summed E-state index contributed by atoms with van der Waals surface area (Å²) in [6, 6.07) is 5.40. The Bertz CT molecular complexity index is 588. The molecule has 1 aromatic carbocycles. The number of hydrogen-bond donors (Lipinski definition) is 1. The summed E-state index contributed by atoms with van der Waals surface area (Å²) in [6.45, 7) is 2.04. The number of hydrogen-bond acceptors (Lipinski definition) is 7. The van der Waals surface area contributed by atoms with E-state index < -0.39 is 5.54 Å². The Morgan fingerprint density at radius 1 is 1.19 bits per heavy atom. The molecule has 0 aliphatic rings. The first-order valence-corrected chi connectivity index (χ1v) is 6.37. The Morgan fingerprint density at radius 3 is 2.33 bits per heavy atom. The van der Waals surface area contributed by atoms with Gasteiger partial charge in [-0.2, -0.15) is 4.98 Å². The van der Waals surface area contributed by atoms with E-state index in [1.165, 1.54) is 0 Å². The molecule has 0 saturated carbocycles. The number of methoxy groups -OCH3 is 3. The zero-order valence-corrected chi connectivity index (χ0v) is 12.5. The SMILES string of the molecule is COCC(C)(N)c1noc(-c2c(OC)cccc2OC)n1. The van der Waals surface area contributed by atoms with Gasteiger partial charge in [0.15, 0.2) is 5.82 Å². The molecule has 0 aliphatic heterocycles. The Balaban J connectivity index is 2.47. The second-order valence-corrected chi connectivity index (χ2v) is 4.81. The van der Waals surface area contributed by atoms with Crippen molar-refractivity contribution in [2.75, 3.05) is 27.9 Å². The van der Waals surface area contributed by atoms with Gasteiger partial charge in [-0.25, -0.2) is 0 Å². The molecule has 0 saturated heterocycles. The molecule has 1 heterocycles. The fourth-order valence-corrected chi connectivity index (χ4v) is 1.98. The first-order valence-electron chi connectivity index (χ1n) is 6.37. The zero-order valence-electron chi connectivity index (χ0n) is 12.5. The van der Waals surface area contributed by atoms with E-state index in [-0.39, 0.29) is 12.5 Å². The Morgan fingerprint density at radius 2 is 1.81 bits per heavy atom. The highest BCUT2D eigenvalue weighted by molar-refractivity contribution is 5.70. The maximum absolute atomic E-state index is 6.11. The molecule has 0 radical (unpaired) electrons. The van der Waals surface area contributed by atoms with E-state index in [0.29, 0.717) is 22.9 Å². The van der Waals surface area contributed by atoms with Crippen LogP contribution in [0.4, 0.5) is 0 Å². The van der Waals surface area contributed by atoms with Gasteiger partial charge in [0, 0.05) is 7.11 Å². The van der Waals surface area contributed by atoms with Crippen LogP contribution in [0.3, 0.4) is 0 Å². The topological polar surface area (TPSA) is 92.6 Å². The monoisotopic (exact) mass is 293 g/mol. The molecule has 0 aliphatic carbocycles. The largest absolute Gasteiger partial charge is 0.496 e. The molecule has 1 atom stereocenters. The van der Waals surface area contributed by atoms with Crippen LogP contribution in [0.25, 0.3) is 11.5 Å². The quantitative estimate of drug-likeness (QED) is 0.864. The lowest BCUT2D eigenvalue weighted by Crippen LogP contribution is -2.38. The number of nitrogens with zero attached hydrogens (tertiary/aromatic N) is 2. The lowest BCUT2D eigenvalue weighted by atomic mass is 10.1. The zero-order chi connectivity index (χ0) is 15.5. The van der Waals surface area contributed by atoms with Crippen molar-refractivity contribution in [3.05, 3.63) is 24.0 Å². The van der Waals surface area contributed by atoms with Crippen LogP contribution in [0.15, 0.2) is 22.7 Å². The maximum Gasteiger partial charge on any atom is 0.265 e. The molecule has 0 fully saturated rings. The van der Waals surface area contributed by atoms with Crippen molar-refractivity contribution in [1.82, 2.24) is 10.1 Å². The fraction of sp³-hybridized carbons (Fsp3) is 0.429. The Kier molecular flexibility index (Phi) is 4.44. The molecule has 7 heteroatoms. The molecule has 1 unspecified atom stereocenters. The van der Waals surface area contributed by atoms with Gasteiger partial charge in [0.1, 0.15) is 22.6 Å². The van der Waals surface area contributed by atoms with E-state index in [1.54, 1.807) is 40.4 Å². The van der Waals surface area contributed by atoms with Gasteiger partial charge in [0.05, 0.1) is 20.8 Å². The van der Waals surface area contributed by atoms with Crippen LogP contribution in [0, 0.1) is 0 Å². The van der Waals surface area contributed by atoms with E-state index >= 15 is 0 Å². The van der Waals surface area contributed by atoms with Crippen molar-refractivity contribution in [1.29, 1.82) is 0 Å². The third kappa shape index (κ3) is 2.98. The highest BCUT2D eigenvalue weighted by Gasteiger charge is 2.29. The maximum atomic E-state index is 6.11. The van der Waals surface area contributed by atoms with E-state index in [9.17, 15) is 0 Å². The van der Waals surface area contributed by atoms with Crippen molar-refractivity contribution in [2.45, 2.75) is 12.5 Å². The molecule has 21 heavy (non-hydrogen) atoms. The molecule has 0 bridgehead atoms. The van der Waals surface area contributed by atoms with E-state index in [0.717, 1.165) is 0 Å². The van der Waals surface area contributed by atoms with Crippen LogP contribution in [-0.2, 0) is 10.3 Å². The lowest BCUT2D eigenvalue weighted by Gasteiger charge is -2.18. The van der Waals surface area contributed by atoms with Crippen molar-refractivity contribution < 1.29 is 18.7 Å². The summed E-state index contributed by atoms with van der Waals surface area (Å²) in [7, 11) is 4.69. The average molecular weight is 293 g/mol. The molecule has 0 spiro atoms. The minimum absolute atomic E-state index is 0.273. The second-order valence-electron chi connectivity index (χ2n) is 4.81. The van der Waals surface area contributed by atoms with Gasteiger partial charge in [0.25, 0.3) is 5.89 Å². The first kappa shape index (κ1) is 15.3. The minimum Gasteiger partial charge on any atom is -0.496 e. The number of nitrogens with two attached hydrogens (primary N) is 1. The summed E-state index contributed by atoms with van der Waals surface area (Å²) in [5, 5.41) is 3.93. The third-order valence-electron chi connectivity index (χ3n) is 3.02. The Labute approximate surface area is 123 Å². The molecule has 7 nitrogen and oxygen atoms in total. The van der Waals surface area contributed by atoms with Crippen molar-refractivity contribution in [3.63, 3.8) is 0 Å². The van der Waals surface area contributed by atoms with Crippen molar-refractivity contribution in [2.24, 2.45) is 5.73 Å². The third-order valence-corrected chi connectivity index (χ3v) is 3.02. The molecule has 2 N–H and O–H groups in total. The van der Waals surface area contributed by atoms with Gasteiger partial charge in [0.2, 0.25) is 0 Å². The summed E-state index contributed by atoms with van der Waals surface area (Å²) in [5.41, 5.74) is 5.86. The van der Waals surface area contributed by atoms with Crippen LogP contribution >= 0.6 is 0 Å². The molecule has 2 rings (SSSR count). The number of benzene rings is 1. The standard InChI is InChI=1S/C14H19N3O4/c1-14(15,8-18-2)13-16-12(21-17-13)11-9(19-3)6-5-7-10(11)20-4/h5-7H,8,15H2,1-4H3. The molecule has 2 aromatic rings. The molecule has 0 amide bonds. The number of rotatable bonds is 6. The summed E-state index contributed by atoms with van der Waals surface area (Å²) in [4.78, 5) is 4.35. The summed E-state index contributed by atoms with van der Waals surface area (Å²) in [5.74, 6) is 1.80.